The van der Waals surface area contributed by atoms with E-state index in [1.54, 1.807) is 0 Å². The van der Waals surface area contributed by atoms with Crippen molar-refractivity contribution in [2.75, 3.05) is 20.1 Å². The molecular formula is C35H42N6O3. The van der Waals surface area contributed by atoms with Gasteiger partial charge in [0.1, 0.15) is 11.3 Å². The van der Waals surface area contributed by atoms with Crippen LogP contribution < -0.4 is 4.74 Å². The molecule has 9 nitrogen and oxygen atoms in total. The van der Waals surface area contributed by atoms with E-state index in [9.17, 15) is 9.90 Å². The summed E-state index contributed by atoms with van der Waals surface area (Å²) in [5.74, 6) is 0.690. The first kappa shape index (κ1) is 28.8. The molecule has 2 aliphatic carbocycles. The van der Waals surface area contributed by atoms with Crippen LogP contribution in [0.3, 0.4) is 0 Å². The van der Waals surface area contributed by atoms with E-state index in [0.717, 1.165) is 66.3 Å². The Morgan fingerprint density at radius 1 is 0.977 bits per heavy atom. The number of carboxylic acid groups (broad SMARTS) is 1. The highest BCUT2D eigenvalue weighted by atomic mass is 16.5. The maximum absolute atomic E-state index is 12.3. The Morgan fingerprint density at radius 3 is 2.50 bits per heavy atom. The minimum atomic E-state index is -0.958. The molecule has 0 amide bonds. The summed E-state index contributed by atoms with van der Waals surface area (Å²) in [6.07, 6.45) is 13.1. The highest BCUT2D eigenvalue weighted by molar-refractivity contribution is 5.89. The molecule has 0 spiro atoms. The highest BCUT2D eigenvalue weighted by Gasteiger charge is 2.46. The van der Waals surface area contributed by atoms with Crippen molar-refractivity contribution in [1.29, 1.82) is 0 Å². The molecule has 3 heterocycles. The number of likely N-dealkylation sites (tertiary alicyclic amines) is 1. The molecule has 9 heteroatoms. The van der Waals surface area contributed by atoms with Crippen LogP contribution in [0.25, 0.3) is 16.8 Å². The van der Waals surface area contributed by atoms with Gasteiger partial charge in [-0.1, -0.05) is 48.7 Å². The van der Waals surface area contributed by atoms with Crippen molar-refractivity contribution >= 4 is 5.97 Å². The molecule has 3 atom stereocenters. The lowest BCUT2D eigenvalue weighted by Crippen LogP contribution is -2.31. The van der Waals surface area contributed by atoms with Gasteiger partial charge in [-0.05, 0) is 100 Å². The lowest BCUT2D eigenvalue weighted by Gasteiger charge is -2.28. The summed E-state index contributed by atoms with van der Waals surface area (Å²) in [5.41, 5.74) is 4.84. The van der Waals surface area contributed by atoms with Crippen LogP contribution in [-0.2, 0) is 0 Å². The van der Waals surface area contributed by atoms with Crippen molar-refractivity contribution in [3.63, 3.8) is 0 Å². The first-order valence-corrected chi connectivity index (χ1v) is 16.2. The molecule has 3 aliphatic rings. The maximum atomic E-state index is 12.3. The van der Waals surface area contributed by atoms with Gasteiger partial charge in [0, 0.05) is 18.0 Å². The van der Waals surface area contributed by atoms with E-state index in [-0.39, 0.29) is 23.5 Å². The summed E-state index contributed by atoms with van der Waals surface area (Å²) in [5, 5.41) is 23.7. The van der Waals surface area contributed by atoms with Gasteiger partial charge >= 0.3 is 5.97 Å². The number of carbonyl (C=O) groups is 1. The Balaban J connectivity index is 1.12. The zero-order valence-corrected chi connectivity index (χ0v) is 25.7. The second-order valence-corrected chi connectivity index (χ2v) is 13.1. The number of benzene rings is 2. The van der Waals surface area contributed by atoms with Crippen LogP contribution in [0, 0.1) is 5.92 Å². The van der Waals surface area contributed by atoms with Crippen LogP contribution >= 0.6 is 0 Å². The predicted molar refractivity (Wildman–Crippen MR) is 169 cm³/mol. The summed E-state index contributed by atoms with van der Waals surface area (Å²) in [6, 6.07) is 16.8. The quantitative estimate of drug-likeness (QED) is 0.230. The number of hydrogen-bond acceptors (Lipinski definition) is 6. The lowest BCUT2D eigenvalue weighted by atomic mass is 9.86. The van der Waals surface area contributed by atoms with E-state index in [1.165, 1.54) is 38.3 Å². The standard InChI is InChI=1S/C35H42N6O3/c1-23(24-8-4-3-5-9-24)44-29-13-7-11-26(19-29)25-10-6-12-28(18-25)41-34(32(21-36-41)35(42)43)31-20-30(31)33-22-40(38-37-33)27-14-16-39(2)17-15-27/h6-7,10-13,18-19,21-24,27,30-31H,3-5,8-9,14-17,20H2,1-2H3,(H,42,43)/t23-,30+,31+/m0/s1. The largest absolute Gasteiger partial charge is 0.490 e. The molecule has 1 saturated heterocycles. The normalized spacial score (nSPS) is 22.1. The number of aromatic carboxylic acids is 1. The van der Waals surface area contributed by atoms with Gasteiger partial charge in [-0.3, -0.25) is 0 Å². The summed E-state index contributed by atoms with van der Waals surface area (Å²) in [6.45, 7) is 4.31. The molecule has 7 rings (SSSR count). The minimum Gasteiger partial charge on any atom is -0.490 e. The summed E-state index contributed by atoms with van der Waals surface area (Å²) in [4.78, 5) is 14.6. The van der Waals surface area contributed by atoms with Crippen molar-refractivity contribution in [2.45, 2.75) is 82.3 Å². The number of hydrogen-bond donors (Lipinski definition) is 1. The monoisotopic (exact) mass is 594 g/mol. The van der Waals surface area contributed by atoms with Crippen molar-refractivity contribution in [3.8, 4) is 22.6 Å². The molecule has 3 fully saturated rings. The molecule has 2 saturated carbocycles. The first-order valence-electron chi connectivity index (χ1n) is 16.2. The van der Waals surface area contributed by atoms with E-state index >= 15 is 0 Å². The van der Waals surface area contributed by atoms with Gasteiger partial charge in [-0.25, -0.2) is 14.2 Å². The third kappa shape index (κ3) is 5.89. The average Bonchev–Trinajstić information content (AvgIpc) is 3.45. The SMILES string of the molecule is C[C@H](Oc1cccc(-c2cccc(-n3ncc(C(=O)O)c3[C@@H]3C[C@H]3c3cn(C4CCN(C)CC4)nn3)c2)c1)C1CCCCC1. The zero-order valence-electron chi connectivity index (χ0n) is 25.7. The van der Waals surface area contributed by atoms with Crippen LogP contribution in [0.1, 0.15) is 97.9 Å². The fourth-order valence-corrected chi connectivity index (χ4v) is 7.29. The fraction of sp³-hybridized carbons (Fsp3) is 0.486. The van der Waals surface area contributed by atoms with E-state index in [2.05, 4.69) is 64.7 Å². The third-order valence-electron chi connectivity index (χ3n) is 10.0. The van der Waals surface area contributed by atoms with Crippen LogP contribution in [0.2, 0.25) is 0 Å². The van der Waals surface area contributed by atoms with E-state index in [0.29, 0.717) is 12.0 Å². The van der Waals surface area contributed by atoms with Gasteiger partial charge in [0.15, 0.2) is 0 Å². The van der Waals surface area contributed by atoms with Crippen molar-refractivity contribution in [2.24, 2.45) is 5.92 Å². The molecule has 1 aliphatic heterocycles. The number of ether oxygens (including phenoxy) is 1. The maximum Gasteiger partial charge on any atom is 0.339 e. The van der Waals surface area contributed by atoms with Crippen LogP contribution in [0.15, 0.2) is 60.9 Å². The molecular weight excluding hydrogens is 552 g/mol. The van der Waals surface area contributed by atoms with Crippen molar-refractivity contribution in [1.82, 2.24) is 29.7 Å². The Bertz CT molecular complexity index is 1610. The second kappa shape index (κ2) is 12.2. The number of rotatable bonds is 9. The molecule has 0 bridgehead atoms. The fourth-order valence-electron chi connectivity index (χ4n) is 7.29. The number of carboxylic acids is 1. The Morgan fingerprint density at radius 2 is 1.73 bits per heavy atom. The second-order valence-electron chi connectivity index (χ2n) is 13.1. The van der Waals surface area contributed by atoms with E-state index < -0.39 is 5.97 Å². The average molecular weight is 595 g/mol. The molecule has 44 heavy (non-hydrogen) atoms. The molecule has 0 radical (unpaired) electrons. The summed E-state index contributed by atoms with van der Waals surface area (Å²) in [7, 11) is 2.15. The lowest BCUT2D eigenvalue weighted by molar-refractivity contribution is 0.0695. The number of nitrogens with zero attached hydrogens (tertiary/aromatic N) is 6. The van der Waals surface area contributed by atoms with Gasteiger partial charge in [0.05, 0.1) is 35.4 Å². The Labute approximate surface area is 258 Å². The van der Waals surface area contributed by atoms with Crippen LogP contribution in [0.5, 0.6) is 5.75 Å². The van der Waals surface area contributed by atoms with Crippen LogP contribution in [0.4, 0.5) is 0 Å². The van der Waals surface area contributed by atoms with Gasteiger partial charge < -0.3 is 14.7 Å². The number of piperidine rings is 1. The smallest absolute Gasteiger partial charge is 0.339 e. The zero-order chi connectivity index (χ0) is 30.2. The minimum absolute atomic E-state index is 0.0212. The molecule has 230 valence electrons. The first-order chi connectivity index (χ1) is 21.4. The number of aromatic nitrogens is 5. The van der Waals surface area contributed by atoms with Crippen LogP contribution in [-0.4, -0.2) is 67.0 Å². The Hall–Kier alpha value is -3.98. The topological polar surface area (TPSA) is 98.3 Å². The molecule has 4 aromatic rings. The third-order valence-corrected chi connectivity index (χ3v) is 10.0. The predicted octanol–water partition coefficient (Wildman–Crippen LogP) is 6.71. The van der Waals surface area contributed by atoms with E-state index in [4.69, 9.17) is 4.74 Å². The highest BCUT2D eigenvalue weighted by Crippen LogP contribution is 2.55. The van der Waals surface area contributed by atoms with Gasteiger partial charge in [0.2, 0.25) is 0 Å². The van der Waals surface area contributed by atoms with Crippen molar-refractivity contribution < 1.29 is 14.6 Å². The Kier molecular flexibility index (Phi) is 7.97. The van der Waals surface area contributed by atoms with Gasteiger partial charge in [-0.15, -0.1) is 5.10 Å². The molecule has 2 aromatic carbocycles. The molecule has 1 N–H and O–H groups in total. The molecule has 2 aromatic heterocycles. The molecule has 0 unspecified atom stereocenters. The van der Waals surface area contributed by atoms with E-state index in [1.807, 2.05) is 33.6 Å². The van der Waals surface area contributed by atoms with Crippen molar-refractivity contribution in [3.05, 3.63) is 77.9 Å². The van der Waals surface area contributed by atoms with Gasteiger partial charge in [0.25, 0.3) is 0 Å². The van der Waals surface area contributed by atoms with Gasteiger partial charge in [-0.2, -0.15) is 5.10 Å². The summed E-state index contributed by atoms with van der Waals surface area (Å²) >= 11 is 0. The summed E-state index contributed by atoms with van der Waals surface area (Å²) < 4.78 is 10.2.